The molecule has 5 heterocycles. The molecule has 228 valence electrons. The predicted molar refractivity (Wildman–Crippen MR) is 179 cm³/mol. The predicted octanol–water partition coefficient (Wildman–Crippen LogP) is 7.46. The number of rotatable bonds is 10. The fourth-order valence-electron chi connectivity index (χ4n) is 6.12. The van der Waals surface area contributed by atoms with Gasteiger partial charge in [-0.2, -0.15) is 5.10 Å². The molecule has 5 aromatic heterocycles. The van der Waals surface area contributed by atoms with Crippen LogP contribution < -0.4 is 10.6 Å². The average molecular weight is 602 g/mol. The highest BCUT2D eigenvalue weighted by Crippen LogP contribution is 2.35. The van der Waals surface area contributed by atoms with Gasteiger partial charge in [-0.25, -0.2) is 9.37 Å². The molecule has 0 bridgehead atoms. The van der Waals surface area contributed by atoms with E-state index in [1.54, 1.807) is 6.20 Å². The smallest absolute Gasteiger partial charge is 0.135 e. The summed E-state index contributed by atoms with van der Waals surface area (Å²) >= 11 is 0. The second kappa shape index (κ2) is 12.1. The Morgan fingerprint density at radius 1 is 0.978 bits per heavy atom. The Balaban J connectivity index is 1.20. The first-order valence-electron chi connectivity index (χ1n) is 15.4. The number of aromatic amines is 2. The Morgan fingerprint density at radius 3 is 2.67 bits per heavy atom. The number of pyridine rings is 3. The molecule has 1 fully saturated rings. The van der Waals surface area contributed by atoms with Crippen LogP contribution in [0.2, 0.25) is 0 Å². The summed E-state index contributed by atoms with van der Waals surface area (Å²) < 4.78 is 14.7. The standard InChI is InChI=1S/C35H36FN9/c1-21(22-6-4-5-7-22)40-27-16-24(19-37-20-27)29-8-9-31-34(42-29)35(44-43-31)32-18-28-30(41-32)10-11-39-33(28)23-14-25(36)17-26(15-23)38-12-13-45(2)3/h8-11,14-20,22,38,40-41H,1,4-7,12-13H2,2-3H3,(H,43,44). The number of hydrogen-bond acceptors (Lipinski definition) is 7. The van der Waals surface area contributed by atoms with Crippen molar-refractivity contribution >= 4 is 33.3 Å². The normalized spacial score (nSPS) is 13.7. The number of fused-ring (bicyclic) bond motifs is 2. The van der Waals surface area contributed by atoms with Gasteiger partial charge in [-0.1, -0.05) is 19.4 Å². The fraction of sp³-hybridized carbons (Fsp3) is 0.257. The van der Waals surface area contributed by atoms with Crippen LogP contribution in [0.1, 0.15) is 25.7 Å². The molecule has 1 aliphatic carbocycles. The summed E-state index contributed by atoms with van der Waals surface area (Å²) in [4.78, 5) is 19.7. The highest BCUT2D eigenvalue weighted by molar-refractivity contribution is 5.99. The van der Waals surface area contributed by atoms with Crippen molar-refractivity contribution in [3.63, 3.8) is 0 Å². The van der Waals surface area contributed by atoms with Crippen molar-refractivity contribution in [2.45, 2.75) is 25.7 Å². The van der Waals surface area contributed by atoms with E-state index in [9.17, 15) is 4.39 Å². The van der Waals surface area contributed by atoms with E-state index < -0.39 is 0 Å². The van der Waals surface area contributed by atoms with Crippen molar-refractivity contribution in [1.29, 1.82) is 0 Å². The minimum Gasteiger partial charge on any atom is -0.384 e. The Bertz CT molecular complexity index is 2000. The third-order valence-electron chi connectivity index (χ3n) is 8.46. The van der Waals surface area contributed by atoms with Gasteiger partial charge in [0.05, 0.1) is 34.5 Å². The number of nitrogens with one attached hydrogen (secondary N) is 4. The second-order valence-corrected chi connectivity index (χ2v) is 12.0. The van der Waals surface area contributed by atoms with Crippen LogP contribution in [-0.4, -0.2) is 62.2 Å². The van der Waals surface area contributed by atoms with Crippen molar-refractivity contribution in [1.82, 2.24) is 35.0 Å². The Kier molecular flexibility index (Phi) is 7.72. The van der Waals surface area contributed by atoms with Crippen LogP contribution in [0.15, 0.2) is 79.4 Å². The van der Waals surface area contributed by atoms with E-state index in [0.29, 0.717) is 35.1 Å². The summed E-state index contributed by atoms with van der Waals surface area (Å²) in [7, 11) is 4.02. The van der Waals surface area contributed by atoms with E-state index in [4.69, 9.17) is 4.98 Å². The lowest BCUT2D eigenvalue weighted by Gasteiger charge is -2.15. The summed E-state index contributed by atoms with van der Waals surface area (Å²) in [5.74, 6) is 0.192. The van der Waals surface area contributed by atoms with E-state index >= 15 is 0 Å². The molecule has 6 aromatic rings. The lowest BCUT2D eigenvalue weighted by atomic mass is 10.0. The minimum atomic E-state index is -0.318. The molecule has 9 nitrogen and oxygen atoms in total. The molecule has 4 N–H and O–H groups in total. The third kappa shape index (κ3) is 6.01. The largest absolute Gasteiger partial charge is 0.384 e. The number of H-pyrrole nitrogens is 2. The molecule has 0 unspecified atom stereocenters. The molecule has 45 heavy (non-hydrogen) atoms. The minimum absolute atomic E-state index is 0.318. The van der Waals surface area contributed by atoms with Gasteiger partial charge in [0.1, 0.15) is 17.0 Å². The first-order chi connectivity index (χ1) is 21.9. The number of anilines is 2. The van der Waals surface area contributed by atoms with Gasteiger partial charge in [-0.3, -0.25) is 15.1 Å². The monoisotopic (exact) mass is 601 g/mol. The summed E-state index contributed by atoms with van der Waals surface area (Å²) in [6.45, 7) is 5.83. The number of allylic oxidation sites excluding steroid dienone is 1. The average Bonchev–Trinajstić information content (AvgIpc) is 3.80. The van der Waals surface area contributed by atoms with Crippen molar-refractivity contribution in [3.8, 4) is 33.9 Å². The third-order valence-corrected chi connectivity index (χ3v) is 8.46. The molecular formula is C35H36FN9. The number of likely N-dealkylation sites (N-methyl/N-ethyl adjacent to an activating group) is 1. The van der Waals surface area contributed by atoms with Crippen LogP contribution in [0.25, 0.3) is 55.8 Å². The van der Waals surface area contributed by atoms with Crippen LogP contribution in [0.3, 0.4) is 0 Å². The van der Waals surface area contributed by atoms with Gasteiger partial charge in [-0.15, -0.1) is 0 Å². The van der Waals surface area contributed by atoms with E-state index in [2.05, 4.69) is 53.3 Å². The highest BCUT2D eigenvalue weighted by atomic mass is 19.1. The Hall–Kier alpha value is -5.09. The molecule has 1 saturated carbocycles. The summed E-state index contributed by atoms with van der Waals surface area (Å²) in [5.41, 5.74) is 9.66. The number of halogens is 1. The van der Waals surface area contributed by atoms with Crippen LogP contribution in [0.5, 0.6) is 0 Å². The van der Waals surface area contributed by atoms with Gasteiger partial charge in [0.15, 0.2) is 0 Å². The zero-order valence-corrected chi connectivity index (χ0v) is 25.5. The van der Waals surface area contributed by atoms with Crippen LogP contribution in [0, 0.1) is 11.7 Å². The van der Waals surface area contributed by atoms with Crippen molar-refractivity contribution in [2.24, 2.45) is 5.92 Å². The van der Waals surface area contributed by atoms with E-state index in [0.717, 1.165) is 56.8 Å². The number of hydrogen-bond donors (Lipinski definition) is 4. The highest BCUT2D eigenvalue weighted by Gasteiger charge is 2.19. The molecule has 10 heteroatoms. The van der Waals surface area contributed by atoms with Crippen LogP contribution >= 0.6 is 0 Å². The lowest BCUT2D eigenvalue weighted by molar-refractivity contribution is 0.425. The molecule has 0 radical (unpaired) electrons. The molecule has 0 spiro atoms. The first-order valence-corrected chi connectivity index (χ1v) is 15.4. The van der Waals surface area contributed by atoms with E-state index in [-0.39, 0.29) is 5.82 Å². The number of aromatic nitrogens is 6. The summed E-state index contributed by atoms with van der Waals surface area (Å²) in [5, 5.41) is 15.4. The zero-order chi connectivity index (χ0) is 30.9. The molecule has 1 aliphatic rings. The summed E-state index contributed by atoms with van der Waals surface area (Å²) in [6, 6.07) is 14.9. The Labute approximate surface area is 261 Å². The van der Waals surface area contributed by atoms with Gasteiger partial charge in [0, 0.05) is 58.9 Å². The maximum Gasteiger partial charge on any atom is 0.135 e. The molecular weight excluding hydrogens is 565 g/mol. The molecule has 0 saturated heterocycles. The van der Waals surface area contributed by atoms with Gasteiger partial charge in [-0.05, 0) is 81.4 Å². The maximum absolute atomic E-state index is 14.7. The quantitative estimate of drug-likeness (QED) is 0.129. The van der Waals surface area contributed by atoms with Crippen LogP contribution in [0.4, 0.5) is 15.8 Å². The second-order valence-electron chi connectivity index (χ2n) is 12.0. The molecule has 0 atom stereocenters. The number of nitrogens with zero attached hydrogens (tertiary/aromatic N) is 5. The van der Waals surface area contributed by atoms with Crippen molar-refractivity contribution in [3.05, 3.63) is 85.2 Å². The summed E-state index contributed by atoms with van der Waals surface area (Å²) in [6.07, 6.45) is 10.3. The van der Waals surface area contributed by atoms with Gasteiger partial charge < -0.3 is 20.5 Å². The molecule has 1 aromatic carbocycles. The molecule has 0 amide bonds. The van der Waals surface area contributed by atoms with E-state index in [1.807, 2.05) is 56.8 Å². The Morgan fingerprint density at radius 2 is 1.82 bits per heavy atom. The SMILES string of the molecule is C=C(Nc1cncc(-c2ccc3[nH]nc(-c4cc5c(-c6cc(F)cc(NCCN(C)C)c6)nccc5[nH]4)c3n2)c1)C1CCCC1. The number of benzene rings is 1. The zero-order valence-electron chi connectivity index (χ0n) is 25.5. The molecule has 0 aliphatic heterocycles. The van der Waals surface area contributed by atoms with Crippen molar-refractivity contribution < 1.29 is 4.39 Å². The van der Waals surface area contributed by atoms with E-state index in [1.165, 1.54) is 37.8 Å². The fourth-order valence-corrected chi connectivity index (χ4v) is 6.12. The van der Waals surface area contributed by atoms with Gasteiger partial charge >= 0.3 is 0 Å². The van der Waals surface area contributed by atoms with Crippen molar-refractivity contribution in [2.75, 3.05) is 37.8 Å². The lowest BCUT2D eigenvalue weighted by Crippen LogP contribution is -2.20. The maximum atomic E-state index is 14.7. The van der Waals surface area contributed by atoms with Gasteiger partial charge in [0.25, 0.3) is 0 Å². The first kappa shape index (κ1) is 28.7. The topological polar surface area (TPSA) is 110 Å². The van der Waals surface area contributed by atoms with Gasteiger partial charge in [0.2, 0.25) is 0 Å². The molecule has 7 rings (SSSR count). The van der Waals surface area contributed by atoms with Crippen LogP contribution in [-0.2, 0) is 0 Å².